The quantitative estimate of drug-likeness (QED) is 0.725. The van der Waals surface area contributed by atoms with Crippen LogP contribution in [0.3, 0.4) is 0 Å². The maximum Gasteiger partial charge on any atom is 0.214 e. The molecule has 0 atom stereocenters. The Bertz CT molecular complexity index is 632. The first-order valence-electron chi connectivity index (χ1n) is 5.72. The van der Waals surface area contributed by atoms with Crippen molar-refractivity contribution in [1.29, 1.82) is 0 Å². The predicted octanol–water partition coefficient (Wildman–Crippen LogP) is 3.26. The average Bonchev–Trinajstić information content (AvgIpc) is 3.01. The van der Waals surface area contributed by atoms with Gasteiger partial charge in [0.25, 0.3) is 0 Å². The molecule has 3 rings (SSSR count). The van der Waals surface area contributed by atoms with E-state index in [2.05, 4.69) is 20.6 Å². The Morgan fingerprint density at radius 3 is 2.94 bits per heavy atom. The lowest BCUT2D eigenvalue weighted by Gasteiger charge is -2.02. The molecule has 92 valence electrons. The molecule has 4 nitrogen and oxygen atoms in total. The van der Waals surface area contributed by atoms with Crippen molar-refractivity contribution in [2.75, 3.05) is 0 Å². The van der Waals surface area contributed by atoms with Gasteiger partial charge in [-0.3, -0.25) is 0 Å². The van der Waals surface area contributed by atoms with Gasteiger partial charge in [-0.05, 0) is 25.3 Å². The SMILES string of the molecule is Cc1nc(Cn2ccnc2-c2cccs2)oc1C. The molecule has 3 aromatic rings. The summed E-state index contributed by atoms with van der Waals surface area (Å²) < 4.78 is 7.66. The van der Waals surface area contributed by atoms with Crippen LogP contribution in [0, 0.1) is 13.8 Å². The summed E-state index contributed by atoms with van der Waals surface area (Å²) >= 11 is 1.68. The number of nitrogens with zero attached hydrogens (tertiary/aromatic N) is 3. The van der Waals surface area contributed by atoms with Gasteiger partial charge in [-0.15, -0.1) is 11.3 Å². The number of thiophene rings is 1. The topological polar surface area (TPSA) is 43.9 Å². The van der Waals surface area contributed by atoms with Crippen LogP contribution in [-0.2, 0) is 6.54 Å². The van der Waals surface area contributed by atoms with Gasteiger partial charge in [0.05, 0.1) is 10.6 Å². The van der Waals surface area contributed by atoms with Crippen LogP contribution in [0.1, 0.15) is 17.3 Å². The van der Waals surface area contributed by atoms with Crippen LogP contribution in [0.4, 0.5) is 0 Å². The Morgan fingerprint density at radius 2 is 2.28 bits per heavy atom. The highest BCUT2D eigenvalue weighted by molar-refractivity contribution is 7.13. The molecule has 0 N–H and O–H groups in total. The zero-order valence-electron chi connectivity index (χ0n) is 10.3. The molecule has 3 aromatic heterocycles. The minimum atomic E-state index is 0.613. The summed E-state index contributed by atoms with van der Waals surface area (Å²) in [5.74, 6) is 2.56. The predicted molar refractivity (Wildman–Crippen MR) is 70.6 cm³/mol. The molecular weight excluding hydrogens is 246 g/mol. The van der Waals surface area contributed by atoms with Crippen molar-refractivity contribution in [3.8, 4) is 10.7 Å². The summed E-state index contributed by atoms with van der Waals surface area (Å²) in [7, 11) is 0. The molecule has 0 bridgehead atoms. The molecule has 18 heavy (non-hydrogen) atoms. The Balaban J connectivity index is 1.92. The van der Waals surface area contributed by atoms with E-state index in [9.17, 15) is 0 Å². The molecule has 5 heteroatoms. The number of oxazole rings is 1. The van der Waals surface area contributed by atoms with E-state index >= 15 is 0 Å². The summed E-state index contributed by atoms with van der Waals surface area (Å²) in [6, 6.07) is 4.09. The Kier molecular flexibility index (Phi) is 2.76. The summed E-state index contributed by atoms with van der Waals surface area (Å²) in [5.41, 5.74) is 0.947. The van der Waals surface area contributed by atoms with E-state index < -0.39 is 0 Å². The zero-order valence-corrected chi connectivity index (χ0v) is 11.1. The number of imidazole rings is 1. The lowest BCUT2D eigenvalue weighted by molar-refractivity contribution is 0.458. The van der Waals surface area contributed by atoms with Crippen molar-refractivity contribution in [3.63, 3.8) is 0 Å². The van der Waals surface area contributed by atoms with Gasteiger partial charge >= 0.3 is 0 Å². The second-order valence-corrected chi connectivity index (χ2v) is 5.05. The molecular formula is C13H13N3OS. The molecule has 0 unspecified atom stereocenters. The minimum Gasteiger partial charge on any atom is -0.444 e. The van der Waals surface area contributed by atoms with E-state index in [1.54, 1.807) is 17.5 Å². The maximum atomic E-state index is 5.60. The smallest absolute Gasteiger partial charge is 0.214 e. The van der Waals surface area contributed by atoms with Gasteiger partial charge in [-0.25, -0.2) is 9.97 Å². The molecule has 0 amide bonds. The van der Waals surface area contributed by atoms with E-state index in [1.807, 2.05) is 31.5 Å². The molecule has 0 radical (unpaired) electrons. The number of rotatable bonds is 3. The van der Waals surface area contributed by atoms with Crippen LogP contribution in [-0.4, -0.2) is 14.5 Å². The van der Waals surface area contributed by atoms with Crippen molar-refractivity contribution < 1.29 is 4.42 Å². The number of hydrogen-bond acceptors (Lipinski definition) is 4. The average molecular weight is 259 g/mol. The van der Waals surface area contributed by atoms with Gasteiger partial charge in [0.1, 0.15) is 18.1 Å². The van der Waals surface area contributed by atoms with Crippen LogP contribution in [0.5, 0.6) is 0 Å². The van der Waals surface area contributed by atoms with Crippen LogP contribution in [0.15, 0.2) is 34.3 Å². The summed E-state index contributed by atoms with van der Waals surface area (Å²) in [4.78, 5) is 9.94. The molecule has 0 saturated carbocycles. The van der Waals surface area contributed by atoms with E-state index in [-0.39, 0.29) is 0 Å². The van der Waals surface area contributed by atoms with Crippen LogP contribution >= 0.6 is 11.3 Å². The molecule has 3 heterocycles. The third-order valence-corrected chi connectivity index (χ3v) is 3.70. The van der Waals surface area contributed by atoms with Crippen LogP contribution in [0.25, 0.3) is 10.7 Å². The maximum absolute atomic E-state index is 5.60. The van der Waals surface area contributed by atoms with E-state index in [4.69, 9.17) is 4.42 Å². The van der Waals surface area contributed by atoms with Crippen molar-refractivity contribution >= 4 is 11.3 Å². The van der Waals surface area contributed by atoms with E-state index in [0.717, 1.165) is 28.0 Å². The highest BCUT2D eigenvalue weighted by Crippen LogP contribution is 2.23. The number of aromatic nitrogens is 3. The normalized spacial score (nSPS) is 11.0. The van der Waals surface area contributed by atoms with Gasteiger partial charge in [0.2, 0.25) is 5.89 Å². The van der Waals surface area contributed by atoms with Crippen molar-refractivity contribution in [2.45, 2.75) is 20.4 Å². The molecule has 0 aliphatic heterocycles. The second kappa shape index (κ2) is 4.42. The van der Waals surface area contributed by atoms with E-state index in [0.29, 0.717) is 6.54 Å². The monoisotopic (exact) mass is 259 g/mol. The summed E-state index contributed by atoms with van der Waals surface area (Å²) in [6.07, 6.45) is 3.75. The van der Waals surface area contributed by atoms with Crippen molar-refractivity contribution in [1.82, 2.24) is 14.5 Å². The number of aryl methyl sites for hydroxylation is 2. The van der Waals surface area contributed by atoms with Crippen molar-refractivity contribution in [2.24, 2.45) is 0 Å². The fourth-order valence-corrected chi connectivity index (χ4v) is 2.56. The zero-order chi connectivity index (χ0) is 12.5. The minimum absolute atomic E-state index is 0.613. The lowest BCUT2D eigenvalue weighted by atomic mass is 10.4. The van der Waals surface area contributed by atoms with Gasteiger partial charge in [0.15, 0.2) is 0 Å². The fraction of sp³-hybridized carbons (Fsp3) is 0.231. The molecule has 0 spiro atoms. The standard InChI is InChI=1S/C13H13N3OS/c1-9-10(2)17-12(15-9)8-16-6-5-14-13(16)11-4-3-7-18-11/h3-7H,8H2,1-2H3. The second-order valence-electron chi connectivity index (χ2n) is 4.11. The summed E-state index contributed by atoms with van der Waals surface area (Å²) in [6.45, 7) is 4.50. The fourth-order valence-electron chi connectivity index (χ4n) is 1.82. The first-order chi connectivity index (χ1) is 8.74. The van der Waals surface area contributed by atoms with Gasteiger partial charge in [-0.2, -0.15) is 0 Å². The molecule has 0 saturated heterocycles. The highest BCUT2D eigenvalue weighted by Gasteiger charge is 2.11. The largest absolute Gasteiger partial charge is 0.444 e. The van der Waals surface area contributed by atoms with Gasteiger partial charge < -0.3 is 8.98 Å². The van der Waals surface area contributed by atoms with Gasteiger partial charge in [-0.1, -0.05) is 6.07 Å². The Labute approximate surface area is 109 Å². The van der Waals surface area contributed by atoms with Gasteiger partial charge in [0, 0.05) is 12.4 Å². The van der Waals surface area contributed by atoms with Crippen LogP contribution in [0.2, 0.25) is 0 Å². The molecule has 0 fully saturated rings. The third kappa shape index (κ3) is 1.97. The van der Waals surface area contributed by atoms with Crippen molar-refractivity contribution in [3.05, 3.63) is 47.3 Å². The first kappa shape index (κ1) is 11.2. The summed E-state index contributed by atoms with van der Waals surface area (Å²) in [5, 5.41) is 2.05. The Morgan fingerprint density at radius 1 is 1.39 bits per heavy atom. The molecule has 0 aromatic carbocycles. The van der Waals surface area contributed by atoms with E-state index in [1.165, 1.54) is 0 Å². The number of hydrogen-bond donors (Lipinski definition) is 0. The molecule has 0 aliphatic rings. The first-order valence-corrected chi connectivity index (χ1v) is 6.60. The van der Waals surface area contributed by atoms with Crippen LogP contribution < -0.4 is 0 Å². The Hall–Kier alpha value is -1.88. The molecule has 0 aliphatic carbocycles. The third-order valence-electron chi connectivity index (χ3n) is 2.84. The highest BCUT2D eigenvalue weighted by atomic mass is 32.1. The lowest BCUT2D eigenvalue weighted by Crippen LogP contribution is -2.00.